The first-order valence-corrected chi connectivity index (χ1v) is 6.68. The fourth-order valence-electron chi connectivity index (χ4n) is 3.03. The topological polar surface area (TPSA) is 20.3 Å². The van der Waals surface area contributed by atoms with Crippen LogP contribution in [0.1, 0.15) is 30.4 Å². The highest BCUT2D eigenvalue weighted by Crippen LogP contribution is 2.34. The summed E-state index contributed by atoms with van der Waals surface area (Å²) in [5.41, 5.74) is 4.03. The van der Waals surface area contributed by atoms with Crippen LogP contribution in [0.15, 0.2) is 18.2 Å². The number of carbonyl (C=O) groups excluding carboxylic acids is 1. The second-order valence-electron chi connectivity index (χ2n) is 5.28. The molecule has 0 N–H and O–H groups in total. The van der Waals surface area contributed by atoms with E-state index in [1.165, 1.54) is 42.6 Å². The third kappa shape index (κ3) is 1.97. The van der Waals surface area contributed by atoms with E-state index in [9.17, 15) is 4.79 Å². The monoisotopic (exact) mass is 229 g/mol. The van der Waals surface area contributed by atoms with E-state index in [-0.39, 0.29) is 0 Å². The van der Waals surface area contributed by atoms with Gasteiger partial charge in [0.25, 0.3) is 0 Å². The molecule has 2 aliphatic rings. The van der Waals surface area contributed by atoms with Crippen molar-refractivity contribution in [2.75, 3.05) is 18.0 Å². The van der Waals surface area contributed by atoms with Crippen LogP contribution in [0.25, 0.3) is 0 Å². The van der Waals surface area contributed by atoms with Gasteiger partial charge in [0.2, 0.25) is 0 Å². The van der Waals surface area contributed by atoms with Gasteiger partial charge in [-0.1, -0.05) is 18.6 Å². The maximum atomic E-state index is 10.7. The van der Waals surface area contributed by atoms with Gasteiger partial charge in [-0.15, -0.1) is 0 Å². The van der Waals surface area contributed by atoms with E-state index in [0.29, 0.717) is 6.42 Å². The molecule has 0 atom stereocenters. The molecule has 90 valence electrons. The number of hydrogen-bond donors (Lipinski definition) is 0. The molecule has 0 aromatic heterocycles. The van der Waals surface area contributed by atoms with E-state index in [1.807, 2.05) is 0 Å². The van der Waals surface area contributed by atoms with E-state index in [2.05, 4.69) is 23.1 Å². The molecule has 2 heteroatoms. The normalized spacial score (nSPS) is 18.9. The molecule has 0 saturated heterocycles. The van der Waals surface area contributed by atoms with Crippen molar-refractivity contribution in [3.05, 3.63) is 29.3 Å². The molecule has 1 saturated carbocycles. The predicted octanol–water partition coefficient (Wildman–Crippen LogP) is 2.59. The van der Waals surface area contributed by atoms with Crippen molar-refractivity contribution in [3.8, 4) is 0 Å². The Morgan fingerprint density at radius 3 is 2.94 bits per heavy atom. The lowest BCUT2D eigenvalue weighted by Crippen LogP contribution is -2.31. The summed E-state index contributed by atoms with van der Waals surface area (Å²) in [5, 5.41) is 0. The van der Waals surface area contributed by atoms with E-state index >= 15 is 0 Å². The smallest absolute Gasteiger partial charge is 0.124 e. The van der Waals surface area contributed by atoms with Gasteiger partial charge in [0.1, 0.15) is 6.29 Å². The highest BCUT2D eigenvalue weighted by Gasteiger charge is 2.26. The number of nitrogens with zero attached hydrogens (tertiary/aromatic N) is 1. The number of fused-ring (bicyclic) bond motifs is 1. The third-order valence-corrected chi connectivity index (χ3v) is 4.23. The van der Waals surface area contributed by atoms with Crippen LogP contribution < -0.4 is 4.90 Å². The minimum Gasteiger partial charge on any atom is -0.371 e. The number of carbonyl (C=O) groups is 1. The molecule has 0 amide bonds. The highest BCUT2D eigenvalue weighted by atomic mass is 16.1. The van der Waals surface area contributed by atoms with Crippen LogP contribution in [0.4, 0.5) is 5.69 Å². The lowest BCUT2D eigenvalue weighted by molar-refractivity contribution is -0.107. The zero-order valence-electron chi connectivity index (χ0n) is 10.2. The quantitative estimate of drug-likeness (QED) is 0.740. The Labute approximate surface area is 103 Å². The predicted molar refractivity (Wildman–Crippen MR) is 69.5 cm³/mol. The molecule has 1 fully saturated rings. The average Bonchev–Trinajstić information content (AvgIpc) is 2.68. The number of hydrogen-bond acceptors (Lipinski definition) is 2. The van der Waals surface area contributed by atoms with Crippen molar-refractivity contribution in [2.24, 2.45) is 5.92 Å². The Morgan fingerprint density at radius 1 is 1.35 bits per heavy atom. The van der Waals surface area contributed by atoms with Gasteiger partial charge >= 0.3 is 0 Å². The molecule has 0 spiro atoms. The van der Waals surface area contributed by atoms with Crippen molar-refractivity contribution in [2.45, 2.75) is 32.1 Å². The summed E-state index contributed by atoms with van der Waals surface area (Å²) in [4.78, 5) is 13.2. The van der Waals surface area contributed by atoms with E-state index in [1.54, 1.807) is 0 Å². The minimum absolute atomic E-state index is 0.570. The molecule has 0 radical (unpaired) electrons. The summed E-state index contributed by atoms with van der Waals surface area (Å²) < 4.78 is 0. The standard InChI is InChI=1S/C15H19NO/c17-10-8-13-5-2-6-15-14(13)7-9-16(15)11-12-3-1-4-12/h2,5-6,10,12H,1,3-4,7-9,11H2. The fraction of sp³-hybridized carbons (Fsp3) is 0.533. The summed E-state index contributed by atoms with van der Waals surface area (Å²) in [6.45, 7) is 2.36. The number of benzene rings is 1. The molecule has 1 heterocycles. The molecule has 1 aliphatic heterocycles. The van der Waals surface area contributed by atoms with Gasteiger partial charge in [-0.3, -0.25) is 0 Å². The zero-order valence-corrected chi connectivity index (χ0v) is 10.2. The van der Waals surface area contributed by atoms with Crippen LogP contribution in [0.3, 0.4) is 0 Å². The van der Waals surface area contributed by atoms with Gasteiger partial charge in [0.15, 0.2) is 0 Å². The number of rotatable bonds is 4. The maximum absolute atomic E-state index is 10.7. The zero-order chi connectivity index (χ0) is 11.7. The van der Waals surface area contributed by atoms with Gasteiger partial charge in [-0.2, -0.15) is 0 Å². The second kappa shape index (κ2) is 4.52. The maximum Gasteiger partial charge on any atom is 0.124 e. The fourth-order valence-corrected chi connectivity index (χ4v) is 3.03. The molecule has 1 aliphatic carbocycles. The van der Waals surface area contributed by atoms with Crippen LogP contribution in [-0.4, -0.2) is 19.4 Å². The summed E-state index contributed by atoms with van der Waals surface area (Å²) >= 11 is 0. The first-order chi connectivity index (χ1) is 8.38. The summed E-state index contributed by atoms with van der Waals surface area (Å²) in [6.07, 6.45) is 6.92. The van der Waals surface area contributed by atoms with Crippen molar-refractivity contribution < 1.29 is 4.79 Å². The Bertz CT molecular complexity index is 423. The summed E-state index contributed by atoms with van der Waals surface area (Å²) in [7, 11) is 0. The molecular weight excluding hydrogens is 210 g/mol. The van der Waals surface area contributed by atoms with Gasteiger partial charge < -0.3 is 9.69 Å². The van der Waals surface area contributed by atoms with E-state index in [0.717, 1.165) is 25.2 Å². The Hall–Kier alpha value is -1.31. The van der Waals surface area contributed by atoms with Gasteiger partial charge in [0.05, 0.1) is 0 Å². The Kier molecular flexibility index (Phi) is 2.87. The summed E-state index contributed by atoms with van der Waals surface area (Å²) in [6, 6.07) is 6.41. The van der Waals surface area contributed by atoms with Crippen LogP contribution in [0.5, 0.6) is 0 Å². The van der Waals surface area contributed by atoms with Crippen molar-refractivity contribution in [1.29, 1.82) is 0 Å². The van der Waals surface area contributed by atoms with Crippen LogP contribution >= 0.6 is 0 Å². The molecule has 2 nitrogen and oxygen atoms in total. The molecule has 0 bridgehead atoms. The first kappa shape index (κ1) is 10.8. The number of anilines is 1. The third-order valence-electron chi connectivity index (χ3n) is 4.23. The second-order valence-corrected chi connectivity index (χ2v) is 5.28. The SMILES string of the molecule is O=CCc1cccc2c1CCN2CC1CCC1. The number of aldehydes is 1. The van der Waals surface area contributed by atoms with E-state index in [4.69, 9.17) is 0 Å². The van der Waals surface area contributed by atoms with E-state index < -0.39 is 0 Å². The van der Waals surface area contributed by atoms with Crippen molar-refractivity contribution in [1.82, 2.24) is 0 Å². The van der Waals surface area contributed by atoms with Crippen molar-refractivity contribution >= 4 is 12.0 Å². The van der Waals surface area contributed by atoms with Crippen molar-refractivity contribution in [3.63, 3.8) is 0 Å². The largest absolute Gasteiger partial charge is 0.371 e. The molecule has 1 aromatic carbocycles. The van der Waals surface area contributed by atoms with Gasteiger partial charge in [-0.25, -0.2) is 0 Å². The lowest BCUT2D eigenvalue weighted by Gasteiger charge is -2.31. The average molecular weight is 229 g/mol. The lowest BCUT2D eigenvalue weighted by atomic mass is 9.85. The van der Waals surface area contributed by atoms with Crippen LogP contribution in [-0.2, 0) is 17.6 Å². The van der Waals surface area contributed by atoms with Crippen LogP contribution in [0, 0.1) is 5.92 Å². The molecule has 17 heavy (non-hydrogen) atoms. The van der Waals surface area contributed by atoms with Gasteiger partial charge in [0, 0.05) is 25.2 Å². The first-order valence-electron chi connectivity index (χ1n) is 6.68. The molecule has 0 unspecified atom stereocenters. The molecule has 1 aromatic rings. The summed E-state index contributed by atoms with van der Waals surface area (Å²) in [5.74, 6) is 0.913. The van der Waals surface area contributed by atoms with Crippen LogP contribution in [0.2, 0.25) is 0 Å². The Morgan fingerprint density at radius 2 is 2.24 bits per heavy atom. The highest BCUT2D eigenvalue weighted by molar-refractivity contribution is 5.65. The molecule has 3 rings (SSSR count). The molecular formula is C15H19NO. The minimum atomic E-state index is 0.570. The van der Waals surface area contributed by atoms with Gasteiger partial charge in [-0.05, 0) is 42.4 Å². The Balaban J connectivity index is 1.81.